The molecule has 19 heavy (non-hydrogen) atoms. The van der Waals surface area contributed by atoms with Gasteiger partial charge in [-0.25, -0.2) is 0 Å². The minimum Gasteiger partial charge on any atom is -0.186 e. The Kier molecular flexibility index (Phi) is 3.64. The van der Waals surface area contributed by atoms with Crippen molar-refractivity contribution in [2.45, 2.75) is 36.6 Å². The molecule has 2 rings (SSSR count). The van der Waals surface area contributed by atoms with Gasteiger partial charge in [0.2, 0.25) is 0 Å². The number of nitrogens with zero attached hydrogens (tertiary/aromatic N) is 1. The average Bonchev–Trinajstić information content (AvgIpc) is 2.70. The Labute approximate surface area is 112 Å². The van der Waals surface area contributed by atoms with Crippen molar-refractivity contribution in [3.63, 3.8) is 0 Å². The highest BCUT2D eigenvalue weighted by atomic mass is 32.3. The number of benzene rings is 1. The van der Waals surface area contributed by atoms with Crippen LogP contribution in [0.25, 0.3) is 6.08 Å². The van der Waals surface area contributed by atoms with Crippen LogP contribution in [0.5, 0.6) is 0 Å². The zero-order valence-electron chi connectivity index (χ0n) is 10.5. The highest BCUT2D eigenvalue weighted by molar-refractivity contribution is 8.41. The Bertz CT molecular complexity index is 557. The second kappa shape index (κ2) is 4.93. The maximum absolute atomic E-state index is 13.5. The molecule has 1 nitrogen and oxygen atoms in total. The maximum Gasteiger partial charge on any atom is 0.445 e. The van der Waals surface area contributed by atoms with Crippen molar-refractivity contribution in [3.8, 4) is 5.40 Å². The molecule has 1 aliphatic rings. The van der Waals surface area contributed by atoms with Crippen molar-refractivity contribution in [1.29, 1.82) is 5.26 Å². The smallest absolute Gasteiger partial charge is 0.186 e. The molecule has 1 aliphatic heterocycles. The molecule has 5 heteroatoms. The van der Waals surface area contributed by atoms with E-state index in [9.17, 15) is 18.4 Å². The molecule has 1 atom stereocenters. The quantitative estimate of drug-likeness (QED) is 0.682. The second-order valence-corrected chi connectivity index (χ2v) is 7.24. The molecule has 0 saturated heterocycles. The lowest BCUT2D eigenvalue weighted by atomic mass is 10.2. The number of hydrogen-bond acceptors (Lipinski definition) is 1. The van der Waals surface area contributed by atoms with Gasteiger partial charge >= 0.3 is 5.51 Å². The van der Waals surface area contributed by atoms with Crippen LogP contribution in [0.4, 0.5) is 13.2 Å². The fraction of sp³-hybridized carbons (Fsp3) is 0.357. The third-order valence-electron chi connectivity index (χ3n) is 3.22. The van der Waals surface area contributed by atoms with Gasteiger partial charge in [-0.3, -0.25) is 0 Å². The number of alkyl halides is 3. The molecule has 1 aromatic carbocycles. The van der Waals surface area contributed by atoms with Gasteiger partial charge in [0, 0.05) is 4.90 Å². The molecule has 1 unspecified atom stereocenters. The number of nitriles is 1. The molecular formula is C14H14F3NS. The number of fused-ring (bicyclic) bond motifs is 1. The van der Waals surface area contributed by atoms with Crippen LogP contribution in [0.2, 0.25) is 0 Å². The van der Waals surface area contributed by atoms with Gasteiger partial charge in [0.15, 0.2) is 0 Å². The summed E-state index contributed by atoms with van der Waals surface area (Å²) in [6.07, 6.45) is 3.39. The number of unbranched alkanes of at least 4 members (excludes halogenated alkanes) is 1. The largest absolute Gasteiger partial charge is 0.445 e. The van der Waals surface area contributed by atoms with Gasteiger partial charge in [-0.1, -0.05) is 31.5 Å². The molecule has 0 amide bonds. The van der Waals surface area contributed by atoms with Crippen LogP contribution in [0, 0.1) is 10.7 Å². The molecule has 0 bridgehead atoms. The average molecular weight is 285 g/mol. The number of hydrogen-bond donors (Lipinski definition) is 0. The van der Waals surface area contributed by atoms with Crippen LogP contribution in [-0.2, 0) is 0 Å². The van der Waals surface area contributed by atoms with Crippen molar-refractivity contribution in [2.24, 2.45) is 0 Å². The summed E-state index contributed by atoms with van der Waals surface area (Å²) in [7, 11) is -3.52. The molecule has 0 aromatic heterocycles. The summed E-state index contributed by atoms with van der Waals surface area (Å²) in [5, 5.41) is 10.9. The van der Waals surface area contributed by atoms with Crippen molar-refractivity contribution in [3.05, 3.63) is 34.7 Å². The number of allylic oxidation sites excluding steroid dienone is 1. The third-order valence-corrected chi connectivity index (χ3v) is 6.33. The zero-order valence-corrected chi connectivity index (χ0v) is 11.3. The van der Waals surface area contributed by atoms with Crippen LogP contribution in [-0.4, -0.2) is 5.51 Å². The van der Waals surface area contributed by atoms with Crippen LogP contribution in [0.1, 0.15) is 31.7 Å². The topological polar surface area (TPSA) is 23.8 Å². The van der Waals surface area contributed by atoms with Gasteiger partial charge in [0.1, 0.15) is 5.40 Å². The first kappa shape index (κ1) is 14.0. The Morgan fingerprint density at radius 1 is 1.26 bits per heavy atom. The lowest BCUT2D eigenvalue weighted by molar-refractivity contribution is -0.0366. The van der Waals surface area contributed by atoms with Gasteiger partial charge in [-0.15, -0.1) is 0 Å². The van der Waals surface area contributed by atoms with Crippen molar-refractivity contribution >= 4 is 16.1 Å². The van der Waals surface area contributed by atoms with Crippen molar-refractivity contribution in [1.82, 2.24) is 0 Å². The lowest BCUT2D eigenvalue weighted by Crippen LogP contribution is -2.19. The van der Waals surface area contributed by atoms with E-state index in [0.29, 0.717) is 18.4 Å². The van der Waals surface area contributed by atoms with Crippen LogP contribution < -0.4 is 0 Å². The molecule has 102 valence electrons. The molecule has 0 aliphatic carbocycles. The van der Waals surface area contributed by atoms with Crippen molar-refractivity contribution < 1.29 is 13.2 Å². The Hall–Kier alpha value is -1.41. The van der Waals surface area contributed by atoms with Gasteiger partial charge in [-0.2, -0.15) is 18.4 Å². The van der Waals surface area contributed by atoms with Crippen molar-refractivity contribution in [2.75, 3.05) is 0 Å². The highest BCUT2D eigenvalue weighted by Gasteiger charge is 2.57. The highest BCUT2D eigenvalue weighted by Crippen LogP contribution is 2.76. The fourth-order valence-corrected chi connectivity index (χ4v) is 4.96. The van der Waals surface area contributed by atoms with Gasteiger partial charge in [-0.05, 0) is 45.5 Å². The maximum atomic E-state index is 13.5. The predicted octanol–water partition coefficient (Wildman–Crippen LogP) is 5.40. The lowest BCUT2D eigenvalue weighted by Gasteiger charge is -2.34. The predicted molar refractivity (Wildman–Crippen MR) is 71.5 cm³/mol. The molecule has 0 fully saturated rings. The summed E-state index contributed by atoms with van der Waals surface area (Å²) in [5.41, 5.74) is -3.96. The van der Waals surface area contributed by atoms with Crippen LogP contribution >= 0.6 is 10.0 Å². The summed E-state index contributed by atoms with van der Waals surface area (Å²) < 4.78 is 40.6. The van der Waals surface area contributed by atoms with Crippen LogP contribution in [0.3, 0.4) is 0 Å². The van der Waals surface area contributed by atoms with E-state index in [1.807, 2.05) is 6.92 Å². The molecule has 0 spiro atoms. The second-order valence-electron chi connectivity index (χ2n) is 4.40. The Morgan fingerprint density at radius 3 is 2.53 bits per heavy atom. The summed E-state index contributed by atoms with van der Waals surface area (Å²) in [5.74, 6) is 0. The first-order chi connectivity index (χ1) is 8.97. The van der Waals surface area contributed by atoms with E-state index >= 15 is 0 Å². The van der Waals surface area contributed by atoms with E-state index < -0.39 is 15.5 Å². The zero-order chi connectivity index (χ0) is 14.1. The van der Waals surface area contributed by atoms with E-state index in [-0.39, 0.29) is 9.80 Å². The summed E-state index contributed by atoms with van der Waals surface area (Å²) in [4.78, 5) is 0.404. The summed E-state index contributed by atoms with van der Waals surface area (Å²) in [6.45, 7) is 1.93. The minimum atomic E-state index is -4.51. The first-order valence-electron chi connectivity index (χ1n) is 6.07. The molecule has 0 saturated carbocycles. The van der Waals surface area contributed by atoms with E-state index in [2.05, 4.69) is 0 Å². The Balaban J connectivity index is 2.60. The standard InChI is InChI=1S/C14H14F3NS/c1-2-3-7-12-9-11-6-4-5-8-13(11)19(12,10-18)14(15,16)17/h4-6,8-9H,2-3,7H2,1H3. The van der Waals surface area contributed by atoms with Gasteiger partial charge in [0.05, 0.1) is 0 Å². The number of halogens is 3. The third kappa shape index (κ3) is 2.04. The summed E-state index contributed by atoms with van der Waals surface area (Å²) >= 11 is 0. The molecular weight excluding hydrogens is 271 g/mol. The first-order valence-corrected chi connectivity index (χ1v) is 7.71. The molecule has 0 radical (unpaired) electrons. The molecule has 0 N–H and O–H groups in total. The SMILES string of the molecule is CCCCC1=Cc2ccccc2S1(C#N)C(F)(F)F. The van der Waals surface area contributed by atoms with Gasteiger partial charge in [0.25, 0.3) is 0 Å². The van der Waals surface area contributed by atoms with E-state index in [0.717, 1.165) is 6.42 Å². The molecule has 1 heterocycles. The van der Waals surface area contributed by atoms with E-state index in [1.54, 1.807) is 29.7 Å². The number of rotatable bonds is 3. The summed E-state index contributed by atoms with van der Waals surface area (Å²) in [6, 6.07) is 6.37. The van der Waals surface area contributed by atoms with E-state index in [1.165, 1.54) is 6.07 Å². The fourth-order valence-electron chi connectivity index (χ4n) is 2.29. The normalized spacial score (nSPS) is 25.1. The minimum absolute atomic E-state index is 0.149. The number of thiocyanates is 1. The van der Waals surface area contributed by atoms with E-state index in [4.69, 9.17) is 0 Å². The van der Waals surface area contributed by atoms with Crippen LogP contribution in [0.15, 0.2) is 34.1 Å². The molecule has 1 aromatic rings. The Morgan fingerprint density at radius 2 is 1.95 bits per heavy atom. The van der Waals surface area contributed by atoms with Gasteiger partial charge < -0.3 is 0 Å². The monoisotopic (exact) mass is 285 g/mol.